The number of aromatic nitrogens is 1. The van der Waals surface area contributed by atoms with Crippen molar-refractivity contribution >= 4 is 26.5 Å². The smallest absolute Gasteiger partial charge is 0.252 e. The molecule has 0 aliphatic rings. The summed E-state index contributed by atoms with van der Waals surface area (Å²) in [5, 5.41) is 0.243. The lowest BCUT2D eigenvalue weighted by atomic mass is 10.1. The van der Waals surface area contributed by atoms with Crippen LogP contribution in [-0.4, -0.2) is 32.7 Å². The van der Waals surface area contributed by atoms with Crippen LogP contribution in [0.1, 0.15) is 19.5 Å². The zero-order chi connectivity index (χ0) is 13.3. The quantitative estimate of drug-likeness (QED) is 0.829. The third-order valence-electron chi connectivity index (χ3n) is 1.93. The van der Waals surface area contributed by atoms with E-state index in [1.807, 2.05) is 0 Å². The number of ether oxygens (including phenoxy) is 1. The van der Waals surface area contributed by atoms with Crippen LogP contribution in [0.25, 0.3) is 0 Å². The van der Waals surface area contributed by atoms with Gasteiger partial charge in [0.1, 0.15) is 0 Å². The average Bonchev–Trinajstić information content (AvgIpc) is 2.43. The number of rotatable bonds is 5. The van der Waals surface area contributed by atoms with Gasteiger partial charge in [0.25, 0.3) is 10.0 Å². The van der Waals surface area contributed by atoms with Crippen molar-refractivity contribution in [3.63, 3.8) is 0 Å². The number of aryl methyl sites for hydroxylation is 1. The van der Waals surface area contributed by atoms with Crippen LogP contribution in [0.15, 0.2) is 4.21 Å². The molecule has 0 saturated heterocycles. The fraction of sp³-hybridized carbons (Fsp3) is 0.667. The lowest BCUT2D eigenvalue weighted by molar-refractivity contribution is 0.141. The Bertz CT molecular complexity index is 494. The second-order valence-electron chi connectivity index (χ2n) is 4.35. The van der Waals surface area contributed by atoms with E-state index in [2.05, 4.69) is 9.71 Å². The maximum atomic E-state index is 12.1. The van der Waals surface area contributed by atoms with Gasteiger partial charge < -0.3 is 10.5 Å². The second kappa shape index (κ2) is 4.89. The summed E-state index contributed by atoms with van der Waals surface area (Å²) in [6.45, 7) is 5.38. The van der Waals surface area contributed by atoms with E-state index in [-0.39, 0.29) is 15.9 Å². The fourth-order valence-corrected chi connectivity index (χ4v) is 4.15. The summed E-state index contributed by atoms with van der Waals surface area (Å²) in [7, 11) is -2.08. The summed E-state index contributed by atoms with van der Waals surface area (Å²) in [5.41, 5.74) is 5.22. The molecule has 0 spiro atoms. The highest BCUT2D eigenvalue weighted by molar-refractivity contribution is 7.91. The monoisotopic (exact) mass is 279 g/mol. The molecule has 1 heterocycles. The van der Waals surface area contributed by atoms with Gasteiger partial charge >= 0.3 is 0 Å². The number of nitrogens with one attached hydrogen (secondary N) is 1. The van der Waals surface area contributed by atoms with Gasteiger partial charge in [-0.05, 0) is 20.8 Å². The number of hydrogen-bond donors (Lipinski definition) is 2. The van der Waals surface area contributed by atoms with E-state index in [4.69, 9.17) is 10.5 Å². The first-order chi connectivity index (χ1) is 7.68. The number of nitrogens with zero attached hydrogens (tertiary/aromatic N) is 1. The van der Waals surface area contributed by atoms with Crippen molar-refractivity contribution in [2.75, 3.05) is 19.5 Å². The number of thiazole rings is 1. The summed E-state index contributed by atoms with van der Waals surface area (Å²) < 4.78 is 31.9. The minimum atomic E-state index is -3.60. The van der Waals surface area contributed by atoms with Gasteiger partial charge in [0.05, 0.1) is 17.8 Å². The van der Waals surface area contributed by atoms with E-state index >= 15 is 0 Å². The molecule has 0 amide bonds. The maximum absolute atomic E-state index is 12.1. The van der Waals surface area contributed by atoms with Crippen LogP contribution in [0.3, 0.4) is 0 Å². The molecule has 0 bridgehead atoms. The van der Waals surface area contributed by atoms with Crippen molar-refractivity contribution in [2.24, 2.45) is 0 Å². The lowest BCUT2D eigenvalue weighted by Crippen LogP contribution is -2.46. The van der Waals surface area contributed by atoms with Crippen LogP contribution in [0.2, 0.25) is 0 Å². The van der Waals surface area contributed by atoms with E-state index in [1.54, 1.807) is 20.8 Å². The third kappa shape index (κ3) is 3.63. The van der Waals surface area contributed by atoms with Gasteiger partial charge in [0, 0.05) is 7.11 Å². The first-order valence-corrected chi connectivity index (χ1v) is 7.24. The molecule has 0 unspecified atom stereocenters. The van der Waals surface area contributed by atoms with Gasteiger partial charge in [-0.3, -0.25) is 0 Å². The first kappa shape index (κ1) is 14.4. The average molecular weight is 279 g/mol. The number of nitrogens with two attached hydrogens (primary N) is 1. The van der Waals surface area contributed by atoms with E-state index in [0.717, 1.165) is 11.3 Å². The van der Waals surface area contributed by atoms with Gasteiger partial charge in [-0.2, -0.15) is 0 Å². The summed E-state index contributed by atoms with van der Waals surface area (Å²) in [4.78, 5) is 3.90. The van der Waals surface area contributed by atoms with Crippen molar-refractivity contribution in [1.82, 2.24) is 9.71 Å². The highest BCUT2D eigenvalue weighted by Crippen LogP contribution is 2.25. The molecule has 0 fully saturated rings. The number of sulfonamides is 1. The molecule has 0 saturated carbocycles. The van der Waals surface area contributed by atoms with Crippen LogP contribution in [0.4, 0.5) is 5.13 Å². The Hall–Kier alpha value is -0.700. The normalized spacial score (nSPS) is 12.9. The van der Waals surface area contributed by atoms with Crippen molar-refractivity contribution < 1.29 is 13.2 Å². The zero-order valence-corrected chi connectivity index (χ0v) is 11.9. The Morgan fingerprint density at radius 3 is 2.53 bits per heavy atom. The minimum Gasteiger partial charge on any atom is -0.383 e. The van der Waals surface area contributed by atoms with Gasteiger partial charge in [-0.15, -0.1) is 0 Å². The van der Waals surface area contributed by atoms with E-state index in [0.29, 0.717) is 5.69 Å². The summed E-state index contributed by atoms with van der Waals surface area (Å²) in [6.07, 6.45) is 0. The molecule has 6 nitrogen and oxygen atoms in total. The van der Waals surface area contributed by atoms with Gasteiger partial charge in [0.2, 0.25) is 0 Å². The predicted molar refractivity (Wildman–Crippen MR) is 67.5 cm³/mol. The predicted octanol–water partition coefficient (Wildman–Crippen LogP) is 0.737. The van der Waals surface area contributed by atoms with Crippen molar-refractivity contribution in [1.29, 1.82) is 0 Å². The Balaban J connectivity index is 3.01. The minimum absolute atomic E-state index is 0.152. The molecule has 98 valence electrons. The number of nitrogen functional groups attached to an aromatic ring is 1. The standard InChI is InChI=1S/C9H17N3O3S2/c1-6-7(16-8(10)11-6)17(13,14)12-9(2,3)5-15-4/h12H,5H2,1-4H3,(H2,10,11). The van der Waals surface area contributed by atoms with Crippen molar-refractivity contribution in [3.8, 4) is 0 Å². The highest BCUT2D eigenvalue weighted by Gasteiger charge is 2.29. The zero-order valence-electron chi connectivity index (χ0n) is 10.3. The van der Waals surface area contributed by atoms with Crippen molar-refractivity contribution in [3.05, 3.63) is 5.69 Å². The number of methoxy groups -OCH3 is 1. The highest BCUT2D eigenvalue weighted by atomic mass is 32.2. The maximum Gasteiger partial charge on any atom is 0.252 e. The molecule has 1 aromatic heterocycles. The lowest BCUT2D eigenvalue weighted by Gasteiger charge is -2.24. The molecule has 0 aromatic carbocycles. The molecule has 0 aliphatic heterocycles. The first-order valence-electron chi connectivity index (χ1n) is 4.94. The van der Waals surface area contributed by atoms with E-state index in [1.165, 1.54) is 7.11 Å². The molecule has 0 aliphatic carbocycles. The second-order valence-corrected chi connectivity index (χ2v) is 7.26. The summed E-state index contributed by atoms with van der Waals surface area (Å²) >= 11 is 0.955. The van der Waals surface area contributed by atoms with Gasteiger partial charge in [-0.25, -0.2) is 18.1 Å². The molecule has 8 heteroatoms. The molecule has 17 heavy (non-hydrogen) atoms. The largest absolute Gasteiger partial charge is 0.383 e. The number of anilines is 1. The van der Waals surface area contributed by atoms with Gasteiger partial charge in [0.15, 0.2) is 9.34 Å². The molecule has 0 atom stereocenters. The van der Waals surface area contributed by atoms with Crippen LogP contribution in [0, 0.1) is 6.92 Å². The summed E-state index contributed by atoms with van der Waals surface area (Å²) in [6, 6.07) is 0. The van der Waals surface area contributed by atoms with E-state index in [9.17, 15) is 8.42 Å². The SMILES string of the molecule is COCC(C)(C)NS(=O)(=O)c1sc(N)nc1C. The van der Waals surface area contributed by atoms with Gasteiger partial charge in [-0.1, -0.05) is 11.3 Å². The van der Waals surface area contributed by atoms with Crippen LogP contribution in [-0.2, 0) is 14.8 Å². The van der Waals surface area contributed by atoms with E-state index < -0.39 is 15.6 Å². The molecule has 0 radical (unpaired) electrons. The Morgan fingerprint density at radius 2 is 2.12 bits per heavy atom. The molecular formula is C9H17N3O3S2. The number of hydrogen-bond acceptors (Lipinski definition) is 6. The topological polar surface area (TPSA) is 94.3 Å². The van der Waals surface area contributed by atoms with Crippen LogP contribution >= 0.6 is 11.3 Å². The summed E-state index contributed by atoms with van der Waals surface area (Å²) in [5.74, 6) is 0. The molecular weight excluding hydrogens is 262 g/mol. The van der Waals surface area contributed by atoms with Crippen molar-refractivity contribution in [2.45, 2.75) is 30.5 Å². The molecule has 1 aromatic rings. The third-order valence-corrected chi connectivity index (χ3v) is 5.22. The Morgan fingerprint density at radius 1 is 1.53 bits per heavy atom. The molecule has 3 N–H and O–H groups in total. The Kier molecular flexibility index (Phi) is 4.13. The Labute approximate surface area is 105 Å². The fourth-order valence-electron chi connectivity index (χ4n) is 1.45. The van der Waals surface area contributed by atoms with Crippen LogP contribution in [0.5, 0.6) is 0 Å². The van der Waals surface area contributed by atoms with Crippen LogP contribution < -0.4 is 10.5 Å². The molecule has 1 rings (SSSR count).